The van der Waals surface area contributed by atoms with E-state index in [0.29, 0.717) is 29.3 Å². The third-order valence-electron chi connectivity index (χ3n) is 7.05. The number of amides is 1. The average Bonchev–Trinajstić information content (AvgIpc) is 3.24. The van der Waals surface area contributed by atoms with E-state index in [-0.39, 0.29) is 11.9 Å². The van der Waals surface area contributed by atoms with Crippen molar-refractivity contribution in [2.24, 2.45) is 0 Å². The highest BCUT2D eigenvalue weighted by atomic mass is 16.5. The summed E-state index contributed by atoms with van der Waals surface area (Å²) >= 11 is 0. The lowest BCUT2D eigenvalue weighted by atomic mass is 9.87. The molecule has 2 aromatic carbocycles. The van der Waals surface area contributed by atoms with Crippen LogP contribution in [0.3, 0.4) is 0 Å². The Hall–Kier alpha value is -4.86. The molecule has 0 radical (unpaired) electrons. The summed E-state index contributed by atoms with van der Waals surface area (Å²) in [5.74, 6) is 2.73. The third kappa shape index (κ3) is 4.65. The number of pyridine rings is 2. The number of benzene rings is 2. The fourth-order valence-electron chi connectivity index (χ4n) is 5.12. The first-order chi connectivity index (χ1) is 19.1. The second-order valence-electron chi connectivity index (χ2n) is 9.28. The topological polar surface area (TPSA) is 120 Å². The maximum absolute atomic E-state index is 11.5. The van der Waals surface area contributed by atoms with Crippen LogP contribution in [-0.2, 0) is 11.2 Å². The van der Waals surface area contributed by atoms with Gasteiger partial charge in [-0.3, -0.25) is 10.3 Å². The molecule has 1 atom stereocenters. The van der Waals surface area contributed by atoms with E-state index in [1.165, 1.54) is 12.7 Å². The quantitative estimate of drug-likeness (QED) is 0.310. The van der Waals surface area contributed by atoms with Crippen molar-refractivity contribution in [3.63, 3.8) is 0 Å². The maximum atomic E-state index is 11.5. The average molecular weight is 526 g/mol. The van der Waals surface area contributed by atoms with Gasteiger partial charge in [0.2, 0.25) is 5.95 Å². The zero-order valence-electron chi connectivity index (χ0n) is 21.8. The number of hydrogen-bond donors (Lipinski definition) is 2. The monoisotopic (exact) mass is 525 g/mol. The highest BCUT2D eigenvalue weighted by molar-refractivity contribution is 5.87. The van der Waals surface area contributed by atoms with Crippen LogP contribution in [0.25, 0.3) is 33.2 Å². The fourth-order valence-corrected chi connectivity index (χ4v) is 5.12. The molecule has 0 spiro atoms. The van der Waals surface area contributed by atoms with Crippen LogP contribution < -0.4 is 19.5 Å². The molecular formula is C29H27N5O5. The lowest BCUT2D eigenvalue weighted by molar-refractivity contribution is 0.186. The largest absolute Gasteiger partial charge is 0.493 e. The molecule has 198 valence electrons. The van der Waals surface area contributed by atoms with Crippen molar-refractivity contribution < 1.29 is 23.7 Å². The Balaban J connectivity index is 1.34. The highest BCUT2D eigenvalue weighted by Gasteiger charge is 2.23. The maximum Gasteiger partial charge on any atom is 0.413 e. The van der Waals surface area contributed by atoms with Gasteiger partial charge in [0.25, 0.3) is 0 Å². The molecule has 0 saturated carbocycles. The van der Waals surface area contributed by atoms with Crippen molar-refractivity contribution in [2.75, 3.05) is 33.3 Å². The molecule has 2 N–H and O–H groups in total. The number of aromatic amines is 1. The van der Waals surface area contributed by atoms with Gasteiger partial charge in [-0.2, -0.15) is 4.98 Å². The van der Waals surface area contributed by atoms with Gasteiger partial charge < -0.3 is 23.9 Å². The van der Waals surface area contributed by atoms with Crippen LogP contribution in [0.5, 0.6) is 17.2 Å². The standard InChI is InChI=1S/C29H27N5O5/c1-36-25-13-21-20(6-8-30-22(21)14-26(25)37-2)17-7-9-39-24-5-4-16(10-18(24)11-17)19-12-23-27(31-15-19)33-28(32-23)34-29(35)38-3/h4-6,8,10,12-15,17H,7,9,11H2,1-3H3,(H2,31,32,33,34,35). The van der Waals surface area contributed by atoms with Crippen LogP contribution in [-0.4, -0.2) is 54.0 Å². The summed E-state index contributed by atoms with van der Waals surface area (Å²) in [6, 6.07) is 14.2. The van der Waals surface area contributed by atoms with Crippen LogP contribution in [0.4, 0.5) is 10.7 Å². The van der Waals surface area contributed by atoms with Gasteiger partial charge in [-0.05, 0) is 65.8 Å². The van der Waals surface area contributed by atoms with Crippen LogP contribution in [0.15, 0.2) is 54.9 Å². The molecule has 1 unspecified atom stereocenters. The number of rotatable bonds is 5. The first-order valence-electron chi connectivity index (χ1n) is 12.5. The SMILES string of the molecule is COC(=O)Nc1nc2ncc(-c3ccc4c(c3)CC(c3ccnc5cc(OC)c(OC)cc35)CCO4)cc2[nH]1. The smallest absolute Gasteiger partial charge is 0.413 e. The van der Waals surface area contributed by atoms with E-state index in [0.717, 1.165) is 46.2 Å². The molecule has 0 saturated heterocycles. The minimum Gasteiger partial charge on any atom is -0.493 e. The third-order valence-corrected chi connectivity index (χ3v) is 7.05. The zero-order chi connectivity index (χ0) is 26.9. The van der Waals surface area contributed by atoms with Gasteiger partial charge in [-0.15, -0.1) is 0 Å². The van der Waals surface area contributed by atoms with Gasteiger partial charge in [0, 0.05) is 29.4 Å². The molecule has 0 fully saturated rings. The molecule has 6 rings (SSSR count). The number of methoxy groups -OCH3 is 3. The molecule has 10 nitrogen and oxygen atoms in total. The molecule has 0 aliphatic carbocycles. The number of carbonyl (C=O) groups is 1. The molecule has 0 bridgehead atoms. The zero-order valence-corrected chi connectivity index (χ0v) is 21.8. The van der Waals surface area contributed by atoms with Crippen molar-refractivity contribution in [3.05, 3.63) is 66.0 Å². The minimum absolute atomic E-state index is 0.227. The molecule has 10 heteroatoms. The Morgan fingerprint density at radius 2 is 1.87 bits per heavy atom. The Kier molecular flexibility index (Phi) is 6.36. The predicted molar refractivity (Wildman–Crippen MR) is 147 cm³/mol. The van der Waals surface area contributed by atoms with E-state index in [2.05, 4.69) is 42.1 Å². The Morgan fingerprint density at radius 3 is 2.69 bits per heavy atom. The number of anilines is 1. The van der Waals surface area contributed by atoms with Crippen molar-refractivity contribution in [1.82, 2.24) is 19.9 Å². The fraction of sp³-hybridized carbons (Fsp3) is 0.241. The number of imidazole rings is 1. The van der Waals surface area contributed by atoms with E-state index in [1.54, 1.807) is 20.4 Å². The number of nitrogens with zero attached hydrogens (tertiary/aromatic N) is 3. The molecule has 39 heavy (non-hydrogen) atoms. The van der Waals surface area contributed by atoms with E-state index >= 15 is 0 Å². The summed E-state index contributed by atoms with van der Waals surface area (Å²) in [5, 5.41) is 3.58. The van der Waals surface area contributed by atoms with E-state index in [4.69, 9.17) is 14.2 Å². The summed E-state index contributed by atoms with van der Waals surface area (Å²) in [7, 11) is 4.57. The van der Waals surface area contributed by atoms with Gasteiger partial charge in [-0.1, -0.05) is 6.07 Å². The normalized spacial score (nSPS) is 14.8. The lowest BCUT2D eigenvalue weighted by Gasteiger charge is -2.18. The Morgan fingerprint density at radius 1 is 1.03 bits per heavy atom. The summed E-state index contributed by atoms with van der Waals surface area (Å²) in [4.78, 5) is 27.9. The molecule has 1 amide bonds. The van der Waals surface area contributed by atoms with Crippen LogP contribution in [0, 0.1) is 0 Å². The first-order valence-corrected chi connectivity index (χ1v) is 12.5. The van der Waals surface area contributed by atoms with Gasteiger partial charge in [0.1, 0.15) is 5.75 Å². The number of hydrogen-bond acceptors (Lipinski definition) is 8. The van der Waals surface area contributed by atoms with Crippen molar-refractivity contribution in [2.45, 2.75) is 18.8 Å². The number of H-pyrrole nitrogens is 1. The number of nitrogens with one attached hydrogen (secondary N) is 2. The van der Waals surface area contributed by atoms with Gasteiger partial charge in [0.15, 0.2) is 17.1 Å². The molecule has 1 aliphatic heterocycles. The molecule has 5 aromatic rings. The number of carbonyl (C=O) groups excluding carboxylic acids is 1. The second-order valence-corrected chi connectivity index (χ2v) is 9.28. The van der Waals surface area contributed by atoms with E-state index < -0.39 is 6.09 Å². The molecular weight excluding hydrogens is 498 g/mol. The summed E-state index contributed by atoms with van der Waals surface area (Å²) in [6.07, 6.45) is 4.70. The van der Waals surface area contributed by atoms with Gasteiger partial charge in [0.05, 0.1) is 39.0 Å². The number of fused-ring (bicyclic) bond motifs is 3. The predicted octanol–water partition coefficient (Wildman–Crippen LogP) is 5.48. The molecule has 1 aliphatic rings. The summed E-state index contributed by atoms with van der Waals surface area (Å²) < 4.78 is 21.8. The summed E-state index contributed by atoms with van der Waals surface area (Å²) in [5.41, 5.74) is 6.33. The van der Waals surface area contributed by atoms with Gasteiger partial charge in [-0.25, -0.2) is 9.78 Å². The van der Waals surface area contributed by atoms with Crippen LogP contribution in [0.1, 0.15) is 23.5 Å². The van der Waals surface area contributed by atoms with Gasteiger partial charge >= 0.3 is 6.09 Å². The lowest BCUT2D eigenvalue weighted by Crippen LogP contribution is -2.11. The number of aromatic nitrogens is 4. The Labute approximate surface area is 224 Å². The van der Waals surface area contributed by atoms with E-state index in [9.17, 15) is 4.79 Å². The van der Waals surface area contributed by atoms with Crippen molar-refractivity contribution in [3.8, 4) is 28.4 Å². The first kappa shape index (κ1) is 24.5. The number of ether oxygens (including phenoxy) is 4. The van der Waals surface area contributed by atoms with Crippen LogP contribution >= 0.6 is 0 Å². The van der Waals surface area contributed by atoms with Crippen molar-refractivity contribution >= 4 is 34.1 Å². The second kappa shape index (κ2) is 10.1. The Bertz CT molecular complexity index is 1700. The van der Waals surface area contributed by atoms with Crippen molar-refractivity contribution in [1.29, 1.82) is 0 Å². The van der Waals surface area contributed by atoms with Crippen LogP contribution in [0.2, 0.25) is 0 Å². The highest BCUT2D eigenvalue weighted by Crippen LogP contribution is 2.40. The molecule has 4 heterocycles. The minimum atomic E-state index is -0.603. The van der Waals surface area contributed by atoms with E-state index in [1.807, 2.05) is 36.5 Å². The molecule has 3 aromatic heterocycles. The summed E-state index contributed by atoms with van der Waals surface area (Å²) in [6.45, 7) is 0.617.